The van der Waals surface area contributed by atoms with E-state index in [0.717, 1.165) is 37.2 Å². The van der Waals surface area contributed by atoms with Crippen molar-refractivity contribution >= 4 is 23.0 Å². The number of nitrogen functional groups attached to an aromatic ring is 1. The van der Waals surface area contributed by atoms with Crippen LogP contribution in [0.15, 0.2) is 34.4 Å². The number of hydrogen-bond acceptors (Lipinski definition) is 7. The first-order chi connectivity index (χ1) is 11.6. The second kappa shape index (κ2) is 8.72. The molecule has 24 heavy (non-hydrogen) atoms. The number of nitrogens with one attached hydrogen (secondary N) is 1. The molecule has 0 aliphatic carbocycles. The molecule has 1 aliphatic heterocycles. The van der Waals surface area contributed by atoms with Gasteiger partial charge in [0.05, 0.1) is 0 Å². The Balaban J connectivity index is 2.04. The molecular weight excluding hydrogens is 328 g/mol. The molecule has 0 bridgehead atoms. The van der Waals surface area contributed by atoms with E-state index in [9.17, 15) is 0 Å². The summed E-state index contributed by atoms with van der Waals surface area (Å²) in [5.74, 6) is 5.72. The fraction of sp³-hybridized carbons (Fsp3) is 0.467. The Bertz CT molecular complexity index is 608. The topological polar surface area (TPSA) is 144 Å². The van der Waals surface area contributed by atoms with E-state index < -0.39 is 0 Å². The molecule has 0 saturated carbocycles. The fourth-order valence-corrected chi connectivity index (χ4v) is 3.14. The molecule has 0 amide bonds. The summed E-state index contributed by atoms with van der Waals surface area (Å²) in [7, 11) is 0. The van der Waals surface area contributed by atoms with Gasteiger partial charge in [0.2, 0.25) is 0 Å². The second-order valence-electron chi connectivity index (χ2n) is 5.64. The van der Waals surface area contributed by atoms with E-state index in [0.29, 0.717) is 29.6 Å². The van der Waals surface area contributed by atoms with Crippen LogP contribution >= 0.6 is 11.6 Å². The third-order valence-corrected chi connectivity index (χ3v) is 4.31. The molecule has 132 valence electrons. The average Bonchev–Trinajstić information content (AvgIpc) is 2.55. The SMILES string of the molecule is NC/C=C(/N=NN)NC1CCN(c2cc(Cl)cc(N)c2CN)CC1. The van der Waals surface area contributed by atoms with Crippen molar-refractivity contribution in [3.8, 4) is 0 Å². The van der Waals surface area contributed by atoms with Crippen LogP contribution in [-0.4, -0.2) is 25.7 Å². The number of nitrogens with two attached hydrogens (primary N) is 4. The highest BCUT2D eigenvalue weighted by Gasteiger charge is 2.22. The van der Waals surface area contributed by atoms with Crippen LogP contribution in [0.1, 0.15) is 18.4 Å². The van der Waals surface area contributed by atoms with Crippen molar-refractivity contribution in [3.05, 3.63) is 34.6 Å². The summed E-state index contributed by atoms with van der Waals surface area (Å²) in [6, 6.07) is 3.95. The lowest BCUT2D eigenvalue weighted by Gasteiger charge is -2.35. The van der Waals surface area contributed by atoms with Gasteiger partial charge in [-0.15, -0.1) is 5.11 Å². The first kappa shape index (κ1) is 18.3. The van der Waals surface area contributed by atoms with E-state index in [2.05, 4.69) is 20.6 Å². The zero-order valence-corrected chi connectivity index (χ0v) is 14.3. The molecule has 1 aromatic rings. The Morgan fingerprint density at radius 2 is 2.04 bits per heavy atom. The molecule has 1 aliphatic rings. The smallest absolute Gasteiger partial charge is 0.147 e. The van der Waals surface area contributed by atoms with Crippen LogP contribution in [0.2, 0.25) is 5.02 Å². The van der Waals surface area contributed by atoms with Crippen molar-refractivity contribution in [3.63, 3.8) is 0 Å². The summed E-state index contributed by atoms with van der Waals surface area (Å²) >= 11 is 6.15. The molecule has 1 saturated heterocycles. The Morgan fingerprint density at radius 1 is 1.33 bits per heavy atom. The van der Waals surface area contributed by atoms with Gasteiger partial charge in [-0.2, -0.15) is 0 Å². The highest BCUT2D eigenvalue weighted by molar-refractivity contribution is 6.31. The van der Waals surface area contributed by atoms with Crippen molar-refractivity contribution < 1.29 is 0 Å². The molecular formula is C15H25ClN8. The molecule has 1 aromatic carbocycles. The number of benzene rings is 1. The van der Waals surface area contributed by atoms with E-state index in [1.807, 2.05) is 6.07 Å². The number of halogens is 1. The van der Waals surface area contributed by atoms with Gasteiger partial charge in [-0.3, -0.25) is 0 Å². The van der Waals surface area contributed by atoms with E-state index in [4.69, 9.17) is 34.6 Å². The monoisotopic (exact) mass is 352 g/mol. The van der Waals surface area contributed by atoms with Gasteiger partial charge in [0, 0.05) is 54.2 Å². The number of rotatable bonds is 6. The van der Waals surface area contributed by atoms with Gasteiger partial charge in [0.1, 0.15) is 5.82 Å². The van der Waals surface area contributed by atoms with Crippen LogP contribution in [0.25, 0.3) is 0 Å². The van der Waals surface area contributed by atoms with Gasteiger partial charge in [-0.05, 0) is 31.1 Å². The zero-order valence-electron chi connectivity index (χ0n) is 13.6. The van der Waals surface area contributed by atoms with Gasteiger partial charge in [0.15, 0.2) is 0 Å². The van der Waals surface area contributed by atoms with Crippen LogP contribution in [-0.2, 0) is 6.54 Å². The predicted molar refractivity (Wildman–Crippen MR) is 98.3 cm³/mol. The zero-order chi connectivity index (χ0) is 17.5. The van der Waals surface area contributed by atoms with Crippen LogP contribution in [0.4, 0.5) is 11.4 Å². The average molecular weight is 353 g/mol. The lowest BCUT2D eigenvalue weighted by Crippen LogP contribution is -2.42. The molecule has 0 aromatic heterocycles. The number of piperidine rings is 1. The lowest BCUT2D eigenvalue weighted by molar-refractivity contribution is 0.440. The predicted octanol–water partition coefficient (Wildman–Crippen LogP) is 1.07. The maximum atomic E-state index is 6.15. The lowest BCUT2D eigenvalue weighted by atomic mass is 10.0. The summed E-state index contributed by atoms with van der Waals surface area (Å²) in [4.78, 5) is 2.26. The minimum absolute atomic E-state index is 0.280. The van der Waals surface area contributed by atoms with E-state index in [1.54, 1.807) is 12.1 Å². The minimum Gasteiger partial charge on any atom is -0.398 e. The van der Waals surface area contributed by atoms with Crippen LogP contribution in [0.5, 0.6) is 0 Å². The van der Waals surface area contributed by atoms with Crippen molar-refractivity contribution in [2.45, 2.75) is 25.4 Å². The standard InChI is InChI=1S/C15H25ClN8/c16-10-7-13(19)12(9-18)14(8-10)24-5-2-11(3-6-24)21-15(1-4-17)22-23-20/h1,7-8,11,21H,2-6,9,17-19H2,(H2,20,22)/b15-1+. The molecule has 0 atom stereocenters. The number of anilines is 2. The minimum atomic E-state index is 0.280. The van der Waals surface area contributed by atoms with Gasteiger partial charge in [-0.25, -0.2) is 0 Å². The Labute approximate surface area is 146 Å². The fourth-order valence-electron chi connectivity index (χ4n) is 2.92. The van der Waals surface area contributed by atoms with Gasteiger partial charge < -0.3 is 33.3 Å². The third-order valence-electron chi connectivity index (χ3n) is 4.09. The first-order valence-corrected chi connectivity index (χ1v) is 8.27. The maximum absolute atomic E-state index is 6.15. The van der Waals surface area contributed by atoms with E-state index in [-0.39, 0.29) is 6.04 Å². The summed E-state index contributed by atoms with van der Waals surface area (Å²) in [6.45, 7) is 2.48. The molecule has 0 spiro atoms. The molecule has 8 nitrogen and oxygen atoms in total. The van der Waals surface area contributed by atoms with E-state index >= 15 is 0 Å². The molecule has 0 radical (unpaired) electrons. The Hall–Kier alpha value is -2.03. The maximum Gasteiger partial charge on any atom is 0.147 e. The van der Waals surface area contributed by atoms with Crippen LogP contribution < -0.4 is 33.3 Å². The van der Waals surface area contributed by atoms with Crippen molar-refractivity contribution in [1.82, 2.24) is 5.32 Å². The van der Waals surface area contributed by atoms with Crippen molar-refractivity contribution in [2.24, 2.45) is 27.6 Å². The second-order valence-corrected chi connectivity index (χ2v) is 6.08. The molecule has 0 unspecified atom stereocenters. The molecule has 9 heteroatoms. The van der Waals surface area contributed by atoms with Crippen molar-refractivity contribution in [2.75, 3.05) is 30.3 Å². The van der Waals surface area contributed by atoms with Gasteiger partial charge in [0.25, 0.3) is 0 Å². The summed E-state index contributed by atoms with van der Waals surface area (Å²) in [5, 5.41) is 11.1. The normalized spacial score (nSPS) is 16.8. The summed E-state index contributed by atoms with van der Waals surface area (Å²) in [5.41, 5.74) is 20.0. The highest BCUT2D eigenvalue weighted by Crippen LogP contribution is 2.31. The first-order valence-electron chi connectivity index (χ1n) is 7.89. The summed E-state index contributed by atoms with van der Waals surface area (Å²) in [6.07, 6.45) is 3.61. The molecule has 2 rings (SSSR count). The third kappa shape index (κ3) is 4.50. The number of hydrogen-bond donors (Lipinski definition) is 5. The Morgan fingerprint density at radius 3 is 2.62 bits per heavy atom. The number of nitrogens with zero attached hydrogens (tertiary/aromatic N) is 3. The van der Waals surface area contributed by atoms with Crippen LogP contribution in [0.3, 0.4) is 0 Å². The largest absolute Gasteiger partial charge is 0.398 e. The van der Waals surface area contributed by atoms with Gasteiger partial charge >= 0.3 is 0 Å². The quantitative estimate of drug-likeness (QED) is 0.224. The van der Waals surface area contributed by atoms with E-state index in [1.165, 1.54) is 0 Å². The van der Waals surface area contributed by atoms with Crippen molar-refractivity contribution in [1.29, 1.82) is 0 Å². The highest BCUT2D eigenvalue weighted by atomic mass is 35.5. The molecule has 1 fully saturated rings. The van der Waals surface area contributed by atoms with Gasteiger partial charge in [-0.1, -0.05) is 16.8 Å². The van der Waals surface area contributed by atoms with Crippen LogP contribution in [0, 0.1) is 0 Å². The Kier molecular flexibility index (Phi) is 6.65. The molecule has 1 heterocycles. The summed E-state index contributed by atoms with van der Waals surface area (Å²) < 4.78 is 0. The molecule has 9 N–H and O–H groups in total.